The lowest BCUT2D eigenvalue weighted by Crippen LogP contribution is -2.13. The van der Waals surface area contributed by atoms with E-state index < -0.39 is 11.7 Å². The van der Waals surface area contributed by atoms with Crippen LogP contribution in [0, 0.1) is 0 Å². The lowest BCUT2D eigenvalue weighted by Gasteiger charge is -2.13. The van der Waals surface area contributed by atoms with E-state index in [1.54, 1.807) is 22.8 Å². The van der Waals surface area contributed by atoms with Gasteiger partial charge in [-0.2, -0.15) is 13.2 Å². The highest BCUT2D eigenvalue weighted by Crippen LogP contribution is 2.37. The van der Waals surface area contributed by atoms with Crippen LogP contribution in [0.15, 0.2) is 52.4 Å². The van der Waals surface area contributed by atoms with Gasteiger partial charge in [-0.15, -0.1) is 0 Å². The summed E-state index contributed by atoms with van der Waals surface area (Å²) in [5, 5.41) is 0.850. The second-order valence-electron chi connectivity index (χ2n) is 6.98. The van der Waals surface area contributed by atoms with Crippen LogP contribution in [-0.4, -0.2) is 19.5 Å². The van der Waals surface area contributed by atoms with Crippen molar-refractivity contribution < 1.29 is 13.2 Å². The van der Waals surface area contributed by atoms with Gasteiger partial charge in [-0.25, -0.2) is 9.97 Å². The van der Waals surface area contributed by atoms with E-state index in [9.17, 15) is 18.0 Å². The van der Waals surface area contributed by atoms with Crippen molar-refractivity contribution in [2.45, 2.75) is 43.4 Å². The van der Waals surface area contributed by atoms with E-state index in [4.69, 9.17) is 0 Å². The lowest BCUT2D eigenvalue weighted by atomic mass is 10.2. The first-order valence-electron chi connectivity index (χ1n) is 9.51. The number of halogens is 3. The smallest absolute Gasteiger partial charge is 0.319 e. The minimum atomic E-state index is -4.41. The molecule has 0 bridgehead atoms. The van der Waals surface area contributed by atoms with Crippen molar-refractivity contribution in [3.63, 3.8) is 0 Å². The van der Waals surface area contributed by atoms with Gasteiger partial charge in [0, 0.05) is 6.54 Å². The number of aryl methyl sites for hydroxylation is 1. The molecular weight excluding hydrogens is 413 g/mol. The first kappa shape index (κ1) is 20.5. The number of H-pyrrole nitrogens is 1. The number of nitrogens with one attached hydrogen (secondary N) is 1. The highest BCUT2D eigenvalue weighted by atomic mass is 32.2. The van der Waals surface area contributed by atoms with Crippen LogP contribution >= 0.6 is 11.8 Å². The van der Waals surface area contributed by atoms with Crippen molar-refractivity contribution in [3.05, 3.63) is 64.2 Å². The molecule has 0 spiro atoms. The summed E-state index contributed by atoms with van der Waals surface area (Å²) >= 11 is 1.36. The molecule has 0 saturated heterocycles. The molecular formula is C21H19F3N4OS. The number of thioether (sulfide) groups is 1. The van der Waals surface area contributed by atoms with Gasteiger partial charge in [0.25, 0.3) is 5.56 Å². The van der Waals surface area contributed by atoms with Crippen molar-refractivity contribution in [2.75, 3.05) is 0 Å². The van der Waals surface area contributed by atoms with Crippen molar-refractivity contribution in [1.29, 1.82) is 0 Å². The van der Waals surface area contributed by atoms with Gasteiger partial charge in [-0.1, -0.05) is 30.8 Å². The monoisotopic (exact) mass is 432 g/mol. The van der Waals surface area contributed by atoms with E-state index in [-0.39, 0.29) is 10.8 Å². The number of aromatic amines is 1. The number of para-hydroxylation sites is 1. The van der Waals surface area contributed by atoms with Crippen LogP contribution in [0.3, 0.4) is 0 Å². The predicted molar refractivity (Wildman–Crippen MR) is 112 cm³/mol. The molecule has 2 aromatic heterocycles. The number of hydrogen-bond acceptors (Lipinski definition) is 4. The van der Waals surface area contributed by atoms with Gasteiger partial charge in [0.05, 0.1) is 32.7 Å². The van der Waals surface area contributed by atoms with E-state index in [1.807, 2.05) is 19.9 Å². The largest absolute Gasteiger partial charge is 0.416 e. The molecule has 2 aromatic carbocycles. The van der Waals surface area contributed by atoms with Gasteiger partial charge in [0.2, 0.25) is 0 Å². The highest BCUT2D eigenvalue weighted by molar-refractivity contribution is 7.99. The van der Waals surface area contributed by atoms with Gasteiger partial charge in [-0.3, -0.25) is 4.79 Å². The number of nitrogens with zero attached hydrogens (tertiary/aromatic N) is 3. The molecule has 0 aliphatic heterocycles. The fourth-order valence-electron chi connectivity index (χ4n) is 3.32. The maximum absolute atomic E-state index is 13.2. The summed E-state index contributed by atoms with van der Waals surface area (Å²) in [6, 6.07) is 10.7. The predicted octanol–water partition coefficient (Wildman–Crippen LogP) is 5.55. The molecule has 5 nitrogen and oxygen atoms in total. The molecule has 0 saturated carbocycles. The summed E-state index contributed by atoms with van der Waals surface area (Å²) in [6.45, 7) is 4.38. The Morgan fingerprint density at radius 2 is 1.90 bits per heavy atom. The van der Waals surface area contributed by atoms with Gasteiger partial charge in [0.1, 0.15) is 5.82 Å². The van der Waals surface area contributed by atoms with Crippen LogP contribution in [0.25, 0.3) is 21.9 Å². The molecule has 9 heteroatoms. The quantitative estimate of drug-likeness (QED) is 0.420. The van der Waals surface area contributed by atoms with Gasteiger partial charge in [-0.05, 0) is 43.7 Å². The van der Waals surface area contributed by atoms with Crippen LogP contribution in [0.4, 0.5) is 13.2 Å². The number of hydrogen-bond donors (Lipinski definition) is 1. The molecule has 0 radical (unpaired) electrons. The van der Waals surface area contributed by atoms with Crippen LogP contribution in [0.2, 0.25) is 0 Å². The van der Waals surface area contributed by atoms with Crippen molar-refractivity contribution in [1.82, 2.24) is 19.5 Å². The van der Waals surface area contributed by atoms with E-state index in [2.05, 4.69) is 15.0 Å². The van der Waals surface area contributed by atoms with Crippen molar-refractivity contribution in [2.24, 2.45) is 0 Å². The Labute approximate surface area is 174 Å². The Morgan fingerprint density at radius 3 is 2.63 bits per heavy atom. The molecule has 2 heterocycles. The third kappa shape index (κ3) is 3.81. The SMILES string of the molecule is CCCn1c(S[C@H](C)c2nc3ccccc3c(=O)[nH]2)nc2ccc(C(F)(F)F)cc21. The first-order valence-corrected chi connectivity index (χ1v) is 10.4. The topological polar surface area (TPSA) is 63.6 Å². The van der Waals surface area contributed by atoms with Crippen molar-refractivity contribution in [3.8, 4) is 0 Å². The number of imidazole rings is 1. The molecule has 0 amide bonds. The summed E-state index contributed by atoms with van der Waals surface area (Å²) in [5.74, 6) is 0.495. The summed E-state index contributed by atoms with van der Waals surface area (Å²) < 4.78 is 41.3. The second-order valence-corrected chi connectivity index (χ2v) is 8.28. The minimum Gasteiger partial charge on any atom is -0.319 e. The fraction of sp³-hybridized carbons (Fsp3) is 0.286. The third-order valence-corrected chi connectivity index (χ3v) is 5.89. The molecule has 0 unspecified atom stereocenters. The fourth-order valence-corrected chi connectivity index (χ4v) is 4.33. The number of aromatic nitrogens is 4. The second kappa shape index (κ2) is 7.79. The molecule has 1 N–H and O–H groups in total. The summed E-state index contributed by atoms with van der Waals surface area (Å²) in [5.41, 5.74) is 0.630. The van der Waals surface area contributed by atoms with Crippen molar-refractivity contribution >= 4 is 33.7 Å². The molecule has 4 rings (SSSR count). The number of fused-ring (bicyclic) bond motifs is 2. The Morgan fingerprint density at radius 1 is 1.13 bits per heavy atom. The molecule has 30 heavy (non-hydrogen) atoms. The normalized spacial score (nSPS) is 13.2. The molecule has 0 aliphatic rings. The van der Waals surface area contributed by atoms with E-state index in [1.165, 1.54) is 17.8 Å². The molecule has 0 aliphatic carbocycles. The average Bonchev–Trinajstić information content (AvgIpc) is 3.04. The molecule has 1 atom stereocenters. The third-order valence-electron chi connectivity index (χ3n) is 4.79. The Bertz CT molecular complexity index is 1280. The lowest BCUT2D eigenvalue weighted by molar-refractivity contribution is -0.137. The number of alkyl halides is 3. The molecule has 0 fully saturated rings. The maximum atomic E-state index is 13.2. The van der Waals surface area contributed by atoms with Gasteiger partial charge in [0.15, 0.2) is 5.16 Å². The Kier molecular flexibility index (Phi) is 5.31. The van der Waals surface area contributed by atoms with Crippen LogP contribution in [0.1, 0.15) is 36.9 Å². The van der Waals surface area contributed by atoms with Crippen LogP contribution in [-0.2, 0) is 12.7 Å². The zero-order chi connectivity index (χ0) is 21.5. The summed E-state index contributed by atoms with van der Waals surface area (Å²) in [4.78, 5) is 24.3. The van der Waals surface area contributed by atoms with E-state index in [0.29, 0.717) is 39.5 Å². The summed E-state index contributed by atoms with van der Waals surface area (Å²) in [7, 11) is 0. The zero-order valence-corrected chi connectivity index (χ0v) is 17.1. The molecule has 156 valence electrons. The van der Waals surface area contributed by atoms with E-state index in [0.717, 1.165) is 18.6 Å². The Balaban J connectivity index is 1.74. The van der Waals surface area contributed by atoms with Crippen LogP contribution in [0.5, 0.6) is 0 Å². The number of rotatable bonds is 5. The Hall–Kier alpha value is -2.81. The molecule has 4 aromatic rings. The summed E-state index contributed by atoms with van der Waals surface area (Å²) in [6.07, 6.45) is -3.67. The number of benzene rings is 2. The maximum Gasteiger partial charge on any atom is 0.416 e. The van der Waals surface area contributed by atoms with Gasteiger partial charge < -0.3 is 9.55 Å². The minimum absolute atomic E-state index is 0.222. The van der Waals surface area contributed by atoms with Crippen LogP contribution < -0.4 is 5.56 Å². The van der Waals surface area contributed by atoms with E-state index >= 15 is 0 Å². The standard InChI is InChI=1S/C21H19F3N4OS/c1-3-10-28-17-11-13(21(22,23)24)8-9-16(17)26-20(28)30-12(2)18-25-15-7-5-4-6-14(15)19(29)27-18/h4-9,11-12H,3,10H2,1-2H3,(H,25,27,29)/t12-/m1/s1. The van der Waals surface area contributed by atoms with Gasteiger partial charge >= 0.3 is 6.18 Å². The zero-order valence-electron chi connectivity index (χ0n) is 16.3. The first-order chi connectivity index (χ1) is 14.3. The average molecular weight is 432 g/mol. The highest BCUT2D eigenvalue weighted by Gasteiger charge is 2.31.